The Bertz CT molecular complexity index is 376. The summed E-state index contributed by atoms with van der Waals surface area (Å²) in [5.41, 5.74) is 0. The molecule has 0 aromatic heterocycles. The summed E-state index contributed by atoms with van der Waals surface area (Å²) in [7, 11) is 0. The zero-order chi connectivity index (χ0) is 18.4. The molecule has 0 amide bonds. The second-order valence-corrected chi connectivity index (χ2v) is 10.4. The summed E-state index contributed by atoms with van der Waals surface area (Å²) in [6.07, 6.45) is 21.0. The van der Waals surface area contributed by atoms with Gasteiger partial charge >= 0.3 is 0 Å². The number of halogens is 1. The van der Waals surface area contributed by atoms with Gasteiger partial charge in [0.1, 0.15) is 6.17 Å². The molecule has 3 fully saturated rings. The van der Waals surface area contributed by atoms with Crippen molar-refractivity contribution in [2.75, 3.05) is 0 Å². The highest BCUT2D eigenvalue weighted by molar-refractivity contribution is 4.89. The van der Waals surface area contributed by atoms with E-state index in [1.807, 2.05) is 0 Å². The van der Waals surface area contributed by atoms with Crippen molar-refractivity contribution in [1.29, 1.82) is 0 Å². The van der Waals surface area contributed by atoms with Gasteiger partial charge in [-0.15, -0.1) is 0 Å². The number of rotatable bonds is 7. The van der Waals surface area contributed by atoms with Crippen molar-refractivity contribution in [3.05, 3.63) is 0 Å². The molecular weight excluding hydrogens is 319 g/mol. The van der Waals surface area contributed by atoms with Crippen molar-refractivity contribution >= 4 is 0 Å². The Morgan fingerprint density at radius 2 is 1.35 bits per heavy atom. The van der Waals surface area contributed by atoms with Gasteiger partial charge < -0.3 is 0 Å². The third kappa shape index (κ3) is 5.71. The number of alkyl halides is 1. The van der Waals surface area contributed by atoms with E-state index >= 15 is 4.39 Å². The first-order chi connectivity index (χ1) is 12.7. The molecule has 3 saturated carbocycles. The van der Waals surface area contributed by atoms with Crippen molar-refractivity contribution < 1.29 is 4.39 Å². The van der Waals surface area contributed by atoms with E-state index in [-0.39, 0.29) is 0 Å². The minimum atomic E-state index is -0.487. The van der Waals surface area contributed by atoms with Gasteiger partial charge in [-0.1, -0.05) is 71.6 Å². The lowest BCUT2D eigenvalue weighted by atomic mass is 9.64. The summed E-state index contributed by atoms with van der Waals surface area (Å²) in [5, 5.41) is 0. The van der Waals surface area contributed by atoms with E-state index in [0.717, 1.165) is 24.2 Å². The molecule has 3 aliphatic carbocycles. The minimum Gasteiger partial charge on any atom is -0.247 e. The second-order valence-electron chi connectivity index (χ2n) is 10.4. The quantitative estimate of drug-likeness (QED) is 0.398. The lowest BCUT2D eigenvalue weighted by Crippen LogP contribution is -2.36. The van der Waals surface area contributed by atoms with Crippen LogP contribution in [0, 0.1) is 35.5 Å². The molecule has 0 spiro atoms. The molecule has 0 heterocycles. The van der Waals surface area contributed by atoms with Gasteiger partial charge in [0, 0.05) is 0 Å². The highest BCUT2D eigenvalue weighted by Crippen LogP contribution is 2.47. The topological polar surface area (TPSA) is 0 Å². The second kappa shape index (κ2) is 10.5. The maximum Gasteiger partial charge on any atom is 0.103 e. The Morgan fingerprint density at radius 3 is 2.00 bits per heavy atom. The van der Waals surface area contributed by atoms with Gasteiger partial charge in [0.05, 0.1) is 0 Å². The Morgan fingerprint density at radius 1 is 0.692 bits per heavy atom. The molecule has 0 aromatic carbocycles. The van der Waals surface area contributed by atoms with Gasteiger partial charge in [-0.2, -0.15) is 0 Å². The van der Waals surface area contributed by atoms with Gasteiger partial charge in [0.15, 0.2) is 0 Å². The van der Waals surface area contributed by atoms with Gasteiger partial charge in [0.2, 0.25) is 0 Å². The smallest absolute Gasteiger partial charge is 0.103 e. The molecule has 0 aromatic rings. The monoisotopic (exact) mass is 364 g/mol. The standard InChI is InChI=1S/C25H45F/c1-3-4-5-6-7-20-10-14-22(15-11-20)24-17-16-23(18-25(24)26)21-12-8-19(2)9-13-21/h19-25H,3-18H2,1-2H3. The molecule has 1 heteroatoms. The van der Waals surface area contributed by atoms with Crippen LogP contribution in [0.15, 0.2) is 0 Å². The van der Waals surface area contributed by atoms with Gasteiger partial charge in [-0.05, 0) is 80.5 Å². The van der Waals surface area contributed by atoms with Crippen LogP contribution in [-0.2, 0) is 0 Å². The lowest BCUT2D eigenvalue weighted by molar-refractivity contribution is 0.0334. The molecule has 3 unspecified atom stereocenters. The summed E-state index contributed by atoms with van der Waals surface area (Å²) in [4.78, 5) is 0. The molecule has 3 atom stereocenters. The fourth-order valence-corrected chi connectivity index (χ4v) is 6.65. The fraction of sp³-hybridized carbons (Fsp3) is 1.00. The molecule has 0 N–H and O–H groups in total. The molecule has 152 valence electrons. The molecule has 0 saturated heterocycles. The number of hydrogen-bond acceptors (Lipinski definition) is 0. The van der Waals surface area contributed by atoms with E-state index in [9.17, 15) is 0 Å². The predicted molar refractivity (Wildman–Crippen MR) is 111 cm³/mol. The zero-order valence-corrected chi connectivity index (χ0v) is 17.7. The summed E-state index contributed by atoms with van der Waals surface area (Å²) in [6, 6.07) is 0. The highest BCUT2D eigenvalue weighted by Gasteiger charge is 2.39. The van der Waals surface area contributed by atoms with E-state index in [4.69, 9.17) is 0 Å². The highest BCUT2D eigenvalue weighted by atomic mass is 19.1. The Hall–Kier alpha value is -0.0700. The largest absolute Gasteiger partial charge is 0.247 e. The first-order valence-corrected chi connectivity index (χ1v) is 12.3. The molecule has 3 rings (SSSR count). The minimum absolute atomic E-state index is 0.412. The fourth-order valence-electron chi connectivity index (χ4n) is 6.65. The van der Waals surface area contributed by atoms with Crippen LogP contribution in [0.25, 0.3) is 0 Å². The Balaban J connectivity index is 1.37. The predicted octanol–water partition coefficient (Wildman–Crippen LogP) is 8.34. The molecule has 0 nitrogen and oxygen atoms in total. The summed E-state index contributed by atoms with van der Waals surface area (Å²) in [5.74, 6) is 4.56. The molecular formula is C25H45F. The maximum absolute atomic E-state index is 15.1. The maximum atomic E-state index is 15.1. The number of unbranched alkanes of at least 4 members (excludes halogenated alkanes) is 3. The van der Waals surface area contributed by atoms with Crippen LogP contribution < -0.4 is 0 Å². The first-order valence-electron chi connectivity index (χ1n) is 12.3. The zero-order valence-electron chi connectivity index (χ0n) is 17.7. The van der Waals surface area contributed by atoms with Crippen LogP contribution in [0.1, 0.15) is 117 Å². The van der Waals surface area contributed by atoms with Crippen molar-refractivity contribution in [2.24, 2.45) is 35.5 Å². The van der Waals surface area contributed by atoms with Crippen LogP contribution in [0.4, 0.5) is 4.39 Å². The normalized spacial score (nSPS) is 41.9. The van der Waals surface area contributed by atoms with E-state index in [1.54, 1.807) is 0 Å². The van der Waals surface area contributed by atoms with E-state index < -0.39 is 6.17 Å². The summed E-state index contributed by atoms with van der Waals surface area (Å²) in [6.45, 7) is 4.69. The molecule has 3 aliphatic rings. The molecule has 0 bridgehead atoms. The SMILES string of the molecule is CCCCCCC1CCC(C2CCC(C3CCC(C)CC3)CC2F)CC1. The summed E-state index contributed by atoms with van der Waals surface area (Å²) < 4.78 is 15.1. The van der Waals surface area contributed by atoms with Crippen LogP contribution in [0.5, 0.6) is 0 Å². The van der Waals surface area contributed by atoms with Crippen LogP contribution >= 0.6 is 0 Å². The summed E-state index contributed by atoms with van der Waals surface area (Å²) >= 11 is 0. The Kier molecular flexibility index (Phi) is 8.32. The molecule has 26 heavy (non-hydrogen) atoms. The van der Waals surface area contributed by atoms with Gasteiger partial charge in [-0.25, -0.2) is 4.39 Å². The van der Waals surface area contributed by atoms with Gasteiger partial charge in [-0.3, -0.25) is 0 Å². The van der Waals surface area contributed by atoms with Crippen molar-refractivity contribution in [1.82, 2.24) is 0 Å². The van der Waals surface area contributed by atoms with Crippen LogP contribution in [-0.4, -0.2) is 6.17 Å². The van der Waals surface area contributed by atoms with Crippen molar-refractivity contribution in [3.63, 3.8) is 0 Å². The average molecular weight is 365 g/mol. The average Bonchev–Trinajstić information content (AvgIpc) is 2.66. The first kappa shape index (κ1) is 20.7. The lowest BCUT2D eigenvalue weighted by Gasteiger charge is -2.43. The Labute approximate surface area is 163 Å². The van der Waals surface area contributed by atoms with Gasteiger partial charge in [0.25, 0.3) is 0 Å². The van der Waals surface area contributed by atoms with E-state index in [2.05, 4.69) is 13.8 Å². The van der Waals surface area contributed by atoms with Crippen LogP contribution in [0.2, 0.25) is 0 Å². The third-order valence-electron chi connectivity index (χ3n) is 8.55. The van der Waals surface area contributed by atoms with Crippen LogP contribution in [0.3, 0.4) is 0 Å². The molecule has 0 aliphatic heterocycles. The molecule has 0 radical (unpaired) electrons. The van der Waals surface area contributed by atoms with E-state index in [0.29, 0.717) is 17.8 Å². The van der Waals surface area contributed by atoms with Crippen molar-refractivity contribution in [3.8, 4) is 0 Å². The third-order valence-corrected chi connectivity index (χ3v) is 8.55. The van der Waals surface area contributed by atoms with Crippen molar-refractivity contribution in [2.45, 2.75) is 123 Å². The van der Waals surface area contributed by atoms with E-state index in [1.165, 1.54) is 96.3 Å². The number of hydrogen-bond donors (Lipinski definition) is 0.